The smallest absolute Gasteiger partial charge is 0.255 e. The Balaban J connectivity index is 1.37. The molecule has 5 aromatic rings. The number of para-hydroxylation sites is 1. The van der Waals surface area contributed by atoms with E-state index in [9.17, 15) is 19.1 Å². The van der Waals surface area contributed by atoms with Crippen molar-refractivity contribution < 1.29 is 19.1 Å². The molecule has 0 saturated carbocycles. The minimum atomic E-state index is -0.526. The van der Waals surface area contributed by atoms with Crippen LogP contribution in [0.1, 0.15) is 31.8 Å². The first-order valence-corrected chi connectivity index (χ1v) is 11.8. The maximum atomic E-state index is 13.9. The van der Waals surface area contributed by atoms with Crippen molar-refractivity contribution in [1.29, 1.82) is 0 Å². The van der Waals surface area contributed by atoms with Gasteiger partial charge >= 0.3 is 0 Å². The van der Waals surface area contributed by atoms with Crippen molar-refractivity contribution in [3.8, 4) is 5.75 Å². The number of halogens is 1. The molecule has 0 radical (unpaired) electrons. The minimum Gasteiger partial charge on any atom is -0.506 e. The van der Waals surface area contributed by atoms with E-state index in [1.165, 1.54) is 18.2 Å². The highest BCUT2D eigenvalue weighted by molar-refractivity contribution is 6.09. The Kier molecular flexibility index (Phi) is 6.74. The average molecular weight is 504 g/mol. The van der Waals surface area contributed by atoms with Crippen molar-refractivity contribution in [2.75, 3.05) is 5.32 Å². The lowest BCUT2D eigenvalue weighted by atomic mass is 10.0. The molecule has 7 heteroatoms. The molecular weight excluding hydrogens is 481 g/mol. The van der Waals surface area contributed by atoms with Crippen molar-refractivity contribution >= 4 is 39.5 Å². The number of carbonyl (C=O) groups is 2. The van der Waals surface area contributed by atoms with Crippen LogP contribution < -0.4 is 5.32 Å². The minimum absolute atomic E-state index is 0.0732. The monoisotopic (exact) mass is 503 g/mol. The number of aryl methyl sites for hydroxylation is 1. The van der Waals surface area contributed by atoms with E-state index in [2.05, 4.69) is 15.5 Å². The highest BCUT2D eigenvalue weighted by Crippen LogP contribution is 2.36. The lowest BCUT2D eigenvalue weighted by Crippen LogP contribution is -2.12. The van der Waals surface area contributed by atoms with Crippen molar-refractivity contribution in [2.45, 2.75) is 6.92 Å². The largest absolute Gasteiger partial charge is 0.506 e. The second-order valence-electron chi connectivity index (χ2n) is 8.75. The molecule has 0 atom stereocenters. The third-order valence-electron chi connectivity index (χ3n) is 6.06. The van der Waals surface area contributed by atoms with Crippen molar-refractivity contribution in [3.05, 3.63) is 131 Å². The number of hydrogen-bond donors (Lipinski definition) is 2. The number of benzene rings is 5. The number of azo groups is 1. The van der Waals surface area contributed by atoms with E-state index in [0.29, 0.717) is 33.2 Å². The number of phenolic OH excluding ortho intramolecular Hbond substituents is 1. The molecule has 0 spiro atoms. The Bertz CT molecular complexity index is 1700. The van der Waals surface area contributed by atoms with Gasteiger partial charge in [-0.1, -0.05) is 54.1 Å². The van der Waals surface area contributed by atoms with Gasteiger partial charge in [0.2, 0.25) is 0 Å². The Labute approximate surface area is 218 Å². The van der Waals surface area contributed by atoms with Gasteiger partial charge in [-0.15, -0.1) is 5.11 Å². The number of phenols is 1. The van der Waals surface area contributed by atoms with Crippen molar-refractivity contribution in [3.63, 3.8) is 0 Å². The first kappa shape index (κ1) is 24.5. The molecule has 0 aliphatic carbocycles. The van der Waals surface area contributed by atoms with Gasteiger partial charge in [0.1, 0.15) is 17.3 Å². The van der Waals surface area contributed by atoms with Crippen LogP contribution in [0.25, 0.3) is 10.8 Å². The molecule has 0 heterocycles. The topological polar surface area (TPSA) is 91.1 Å². The lowest BCUT2D eigenvalue weighted by Gasteiger charge is -2.09. The summed E-state index contributed by atoms with van der Waals surface area (Å²) in [6.45, 7) is 1.96. The van der Waals surface area contributed by atoms with Crippen LogP contribution in [-0.2, 0) is 0 Å². The number of ketones is 1. The molecule has 6 nitrogen and oxygen atoms in total. The third-order valence-corrected chi connectivity index (χ3v) is 6.06. The predicted octanol–water partition coefficient (Wildman–Crippen LogP) is 7.89. The van der Waals surface area contributed by atoms with Crippen LogP contribution in [0.4, 0.5) is 21.5 Å². The number of aromatic hydroxyl groups is 1. The van der Waals surface area contributed by atoms with Crippen LogP contribution >= 0.6 is 0 Å². The van der Waals surface area contributed by atoms with Crippen LogP contribution in [-0.4, -0.2) is 16.8 Å². The van der Waals surface area contributed by atoms with Crippen LogP contribution in [0, 0.1) is 12.7 Å². The fourth-order valence-electron chi connectivity index (χ4n) is 3.96. The first-order chi connectivity index (χ1) is 18.4. The number of anilines is 1. The summed E-state index contributed by atoms with van der Waals surface area (Å²) in [5.41, 5.74) is 3.37. The van der Waals surface area contributed by atoms with E-state index < -0.39 is 11.7 Å². The Morgan fingerprint density at radius 2 is 1.42 bits per heavy atom. The summed E-state index contributed by atoms with van der Waals surface area (Å²) in [5.74, 6) is -1.15. The van der Waals surface area contributed by atoms with E-state index in [1.54, 1.807) is 72.8 Å². The Morgan fingerprint density at radius 1 is 0.763 bits per heavy atom. The summed E-state index contributed by atoms with van der Waals surface area (Å²) < 4.78 is 13.9. The fourth-order valence-corrected chi connectivity index (χ4v) is 3.96. The molecule has 5 rings (SSSR count). The highest BCUT2D eigenvalue weighted by Gasteiger charge is 2.13. The fraction of sp³-hybridized carbons (Fsp3) is 0.0323. The number of nitrogens with zero attached hydrogens (tertiary/aromatic N) is 2. The maximum Gasteiger partial charge on any atom is 0.255 e. The second-order valence-corrected chi connectivity index (χ2v) is 8.75. The van der Waals surface area contributed by atoms with Crippen LogP contribution in [0.3, 0.4) is 0 Å². The van der Waals surface area contributed by atoms with E-state index in [1.807, 2.05) is 19.1 Å². The van der Waals surface area contributed by atoms with Gasteiger partial charge in [-0.3, -0.25) is 9.59 Å². The molecule has 0 aromatic heterocycles. The van der Waals surface area contributed by atoms with E-state index in [-0.39, 0.29) is 22.9 Å². The molecule has 0 aliphatic heterocycles. The maximum absolute atomic E-state index is 13.9. The summed E-state index contributed by atoms with van der Waals surface area (Å²) in [7, 11) is 0. The molecule has 0 unspecified atom stereocenters. The molecule has 186 valence electrons. The van der Waals surface area contributed by atoms with Gasteiger partial charge in [-0.25, -0.2) is 4.39 Å². The van der Waals surface area contributed by atoms with Crippen LogP contribution in [0.2, 0.25) is 0 Å². The van der Waals surface area contributed by atoms with Gasteiger partial charge in [0.15, 0.2) is 5.78 Å². The predicted molar refractivity (Wildman–Crippen MR) is 145 cm³/mol. The van der Waals surface area contributed by atoms with Gasteiger partial charge in [-0.05, 0) is 66.9 Å². The van der Waals surface area contributed by atoms with E-state index in [4.69, 9.17) is 0 Å². The average Bonchev–Trinajstić information content (AvgIpc) is 2.94. The molecule has 0 aliphatic rings. The summed E-state index contributed by atoms with van der Waals surface area (Å²) in [6.07, 6.45) is 0. The highest BCUT2D eigenvalue weighted by atomic mass is 19.1. The van der Waals surface area contributed by atoms with Gasteiger partial charge < -0.3 is 10.4 Å². The standard InChI is InChI=1S/C31H22FN3O3/c1-19-6-8-20(9-7-19)30(37)21-10-14-24(15-11-21)34-35-29-25-16-12-23(18-22(25)13-17-28(29)36)31(38)33-27-5-3-2-4-26(27)32/h2-18,36H,1H3,(H,33,38). The molecule has 0 fully saturated rings. The van der Waals surface area contributed by atoms with E-state index in [0.717, 1.165) is 5.56 Å². The summed E-state index contributed by atoms with van der Waals surface area (Å²) >= 11 is 0. The number of nitrogens with one attached hydrogen (secondary N) is 1. The number of amides is 1. The lowest BCUT2D eigenvalue weighted by molar-refractivity contribution is 0.102. The normalized spacial score (nSPS) is 11.1. The molecule has 0 bridgehead atoms. The quantitative estimate of drug-likeness (QED) is 0.182. The van der Waals surface area contributed by atoms with Gasteiger partial charge in [0.05, 0.1) is 11.4 Å². The number of rotatable bonds is 6. The second kappa shape index (κ2) is 10.4. The molecule has 2 N–H and O–H groups in total. The van der Waals surface area contributed by atoms with E-state index >= 15 is 0 Å². The zero-order chi connectivity index (χ0) is 26.6. The summed E-state index contributed by atoms with van der Waals surface area (Å²) in [5, 5.41) is 22.7. The van der Waals surface area contributed by atoms with Gasteiger partial charge in [0, 0.05) is 22.1 Å². The van der Waals surface area contributed by atoms with Gasteiger partial charge in [0.25, 0.3) is 5.91 Å². The van der Waals surface area contributed by atoms with Crippen LogP contribution in [0.5, 0.6) is 5.75 Å². The number of hydrogen-bond acceptors (Lipinski definition) is 5. The zero-order valence-electron chi connectivity index (χ0n) is 20.4. The Morgan fingerprint density at radius 3 is 2.13 bits per heavy atom. The summed E-state index contributed by atoms with van der Waals surface area (Å²) in [6, 6.07) is 28.0. The van der Waals surface area contributed by atoms with Crippen molar-refractivity contribution in [2.24, 2.45) is 10.2 Å². The molecule has 5 aromatic carbocycles. The molecular formula is C31H22FN3O3. The number of carbonyl (C=O) groups excluding carboxylic acids is 2. The molecule has 0 saturated heterocycles. The van der Waals surface area contributed by atoms with Crippen LogP contribution in [0.15, 0.2) is 113 Å². The molecule has 1 amide bonds. The number of fused-ring (bicyclic) bond motifs is 1. The van der Waals surface area contributed by atoms with Crippen molar-refractivity contribution in [1.82, 2.24) is 0 Å². The summed E-state index contributed by atoms with van der Waals surface area (Å²) in [4.78, 5) is 25.4. The molecule has 38 heavy (non-hydrogen) atoms. The first-order valence-electron chi connectivity index (χ1n) is 11.8. The third kappa shape index (κ3) is 5.17. The SMILES string of the molecule is Cc1ccc(C(=O)c2ccc(N=Nc3c(O)ccc4cc(C(=O)Nc5ccccc5F)ccc34)cc2)cc1. The van der Waals surface area contributed by atoms with Gasteiger partial charge in [-0.2, -0.15) is 5.11 Å². The Hall–Kier alpha value is -5.17. The zero-order valence-corrected chi connectivity index (χ0v) is 20.4.